The van der Waals surface area contributed by atoms with E-state index in [0.29, 0.717) is 24.9 Å². The molecule has 2 aromatic rings. The number of carbonyl (C=O) groups excluding carboxylic acids is 1. The molecule has 2 heterocycles. The van der Waals surface area contributed by atoms with Gasteiger partial charge in [-0.15, -0.1) is 0 Å². The molecule has 0 atom stereocenters. The minimum atomic E-state index is -4.46. The highest BCUT2D eigenvalue weighted by Gasteiger charge is 2.35. The number of alkyl halides is 3. The van der Waals surface area contributed by atoms with Crippen LogP contribution in [0.4, 0.5) is 13.2 Å². The van der Waals surface area contributed by atoms with E-state index in [9.17, 15) is 18.0 Å². The van der Waals surface area contributed by atoms with Crippen LogP contribution in [0.3, 0.4) is 0 Å². The SMILES string of the molecule is O=C(c1cccnc1)N1CCCC(c2ccccc2C(F)(F)F)=N1. The van der Waals surface area contributed by atoms with Gasteiger partial charge in [0.25, 0.3) is 5.91 Å². The van der Waals surface area contributed by atoms with Crippen molar-refractivity contribution in [2.24, 2.45) is 5.10 Å². The standard InChI is InChI=1S/C17H14F3N3O/c18-17(19,20)14-7-2-1-6-13(14)15-8-4-10-23(22-15)16(24)12-5-3-9-21-11-12/h1-3,5-7,9,11H,4,8,10H2. The fourth-order valence-electron chi connectivity index (χ4n) is 2.60. The number of pyridine rings is 1. The Morgan fingerprint density at radius 3 is 2.62 bits per heavy atom. The molecule has 1 amide bonds. The Morgan fingerprint density at radius 1 is 1.12 bits per heavy atom. The Labute approximate surface area is 136 Å². The summed E-state index contributed by atoms with van der Waals surface area (Å²) in [4.78, 5) is 16.3. The van der Waals surface area contributed by atoms with Gasteiger partial charge in [0.2, 0.25) is 0 Å². The van der Waals surface area contributed by atoms with Gasteiger partial charge in [-0.2, -0.15) is 18.3 Å². The highest BCUT2D eigenvalue weighted by molar-refractivity contribution is 6.04. The average Bonchev–Trinajstić information content (AvgIpc) is 2.61. The van der Waals surface area contributed by atoms with Crippen molar-refractivity contribution in [3.63, 3.8) is 0 Å². The summed E-state index contributed by atoms with van der Waals surface area (Å²) >= 11 is 0. The van der Waals surface area contributed by atoms with Crippen molar-refractivity contribution in [2.45, 2.75) is 19.0 Å². The lowest BCUT2D eigenvalue weighted by atomic mass is 9.98. The van der Waals surface area contributed by atoms with Crippen LogP contribution in [0.25, 0.3) is 0 Å². The van der Waals surface area contributed by atoms with E-state index in [0.717, 1.165) is 6.07 Å². The van der Waals surface area contributed by atoms with E-state index < -0.39 is 11.7 Å². The molecule has 1 aromatic heterocycles. The van der Waals surface area contributed by atoms with Crippen LogP contribution in [0.5, 0.6) is 0 Å². The smallest absolute Gasteiger partial charge is 0.267 e. The Hall–Kier alpha value is -2.70. The third kappa shape index (κ3) is 3.29. The molecule has 24 heavy (non-hydrogen) atoms. The van der Waals surface area contributed by atoms with Gasteiger partial charge in [0.05, 0.1) is 16.8 Å². The molecule has 1 aliphatic rings. The predicted octanol–water partition coefficient (Wildman–Crippen LogP) is 3.74. The van der Waals surface area contributed by atoms with E-state index in [1.165, 1.54) is 29.4 Å². The Kier molecular flexibility index (Phi) is 4.33. The molecule has 0 aliphatic carbocycles. The maximum absolute atomic E-state index is 13.2. The first kappa shape index (κ1) is 16.2. The minimum Gasteiger partial charge on any atom is -0.267 e. The van der Waals surface area contributed by atoms with E-state index >= 15 is 0 Å². The average molecular weight is 333 g/mol. The lowest BCUT2D eigenvalue weighted by Gasteiger charge is -2.25. The van der Waals surface area contributed by atoms with Crippen LogP contribution >= 0.6 is 0 Å². The van der Waals surface area contributed by atoms with Crippen molar-refractivity contribution in [1.29, 1.82) is 0 Å². The van der Waals surface area contributed by atoms with Crippen LogP contribution in [-0.4, -0.2) is 28.2 Å². The van der Waals surface area contributed by atoms with Crippen LogP contribution in [-0.2, 0) is 6.18 Å². The summed E-state index contributed by atoms with van der Waals surface area (Å²) in [6, 6.07) is 8.52. The molecular weight excluding hydrogens is 319 g/mol. The van der Waals surface area contributed by atoms with Gasteiger partial charge in [0.1, 0.15) is 0 Å². The van der Waals surface area contributed by atoms with Gasteiger partial charge in [0, 0.05) is 24.5 Å². The highest BCUT2D eigenvalue weighted by atomic mass is 19.4. The molecule has 0 N–H and O–H groups in total. The molecular formula is C17H14F3N3O. The summed E-state index contributed by atoms with van der Waals surface area (Å²) in [5.74, 6) is -0.371. The molecule has 7 heteroatoms. The first-order chi connectivity index (χ1) is 11.5. The number of hydrogen-bond donors (Lipinski definition) is 0. The zero-order valence-corrected chi connectivity index (χ0v) is 12.6. The van der Waals surface area contributed by atoms with Gasteiger partial charge in [-0.1, -0.05) is 18.2 Å². The predicted molar refractivity (Wildman–Crippen MR) is 82.5 cm³/mol. The van der Waals surface area contributed by atoms with Crippen LogP contribution in [0.1, 0.15) is 34.3 Å². The Morgan fingerprint density at radius 2 is 1.92 bits per heavy atom. The summed E-state index contributed by atoms with van der Waals surface area (Å²) in [5.41, 5.74) is -0.0915. The number of hydrazone groups is 1. The molecule has 0 spiro atoms. The third-order valence-electron chi connectivity index (χ3n) is 3.71. The van der Waals surface area contributed by atoms with Crippen molar-refractivity contribution >= 4 is 11.6 Å². The largest absolute Gasteiger partial charge is 0.417 e. The number of hydrogen-bond acceptors (Lipinski definition) is 3. The first-order valence-electron chi connectivity index (χ1n) is 7.43. The van der Waals surface area contributed by atoms with E-state index in [1.54, 1.807) is 18.3 Å². The van der Waals surface area contributed by atoms with Crippen molar-refractivity contribution in [1.82, 2.24) is 9.99 Å². The zero-order valence-electron chi connectivity index (χ0n) is 12.6. The van der Waals surface area contributed by atoms with Gasteiger partial charge in [-0.25, -0.2) is 5.01 Å². The molecule has 0 fully saturated rings. The molecule has 0 saturated heterocycles. The topological polar surface area (TPSA) is 45.6 Å². The van der Waals surface area contributed by atoms with Crippen molar-refractivity contribution in [2.75, 3.05) is 6.54 Å². The van der Waals surface area contributed by atoms with Crippen LogP contribution < -0.4 is 0 Å². The minimum absolute atomic E-state index is 0.0219. The van der Waals surface area contributed by atoms with Gasteiger partial charge < -0.3 is 0 Å². The number of halogens is 3. The number of nitrogens with zero attached hydrogens (tertiary/aromatic N) is 3. The summed E-state index contributed by atoms with van der Waals surface area (Å²) in [5, 5.41) is 5.39. The molecule has 1 aromatic carbocycles. The fraction of sp³-hybridized carbons (Fsp3) is 0.235. The summed E-state index contributed by atoms with van der Waals surface area (Å²) in [6.45, 7) is 0.366. The number of aromatic nitrogens is 1. The highest BCUT2D eigenvalue weighted by Crippen LogP contribution is 2.33. The number of carbonyl (C=O) groups is 1. The van der Waals surface area contributed by atoms with E-state index in [2.05, 4.69) is 10.1 Å². The van der Waals surface area contributed by atoms with E-state index in [-0.39, 0.29) is 17.2 Å². The molecule has 4 nitrogen and oxygen atoms in total. The van der Waals surface area contributed by atoms with Crippen LogP contribution in [0.15, 0.2) is 53.9 Å². The van der Waals surface area contributed by atoms with E-state index in [4.69, 9.17) is 0 Å². The lowest BCUT2D eigenvalue weighted by molar-refractivity contribution is -0.137. The third-order valence-corrected chi connectivity index (χ3v) is 3.71. The Bertz CT molecular complexity index is 772. The van der Waals surface area contributed by atoms with Crippen molar-refractivity contribution < 1.29 is 18.0 Å². The van der Waals surface area contributed by atoms with Gasteiger partial charge >= 0.3 is 6.18 Å². The van der Waals surface area contributed by atoms with Gasteiger partial charge in [-0.05, 0) is 31.0 Å². The van der Waals surface area contributed by atoms with Crippen molar-refractivity contribution in [3.05, 3.63) is 65.5 Å². The monoisotopic (exact) mass is 333 g/mol. The van der Waals surface area contributed by atoms with Crippen molar-refractivity contribution in [3.8, 4) is 0 Å². The zero-order chi connectivity index (χ0) is 17.2. The summed E-state index contributed by atoms with van der Waals surface area (Å²) < 4.78 is 39.5. The summed E-state index contributed by atoms with van der Waals surface area (Å²) in [7, 11) is 0. The molecule has 0 bridgehead atoms. The number of amides is 1. The second-order valence-corrected chi connectivity index (χ2v) is 5.36. The fourth-order valence-corrected chi connectivity index (χ4v) is 2.60. The molecule has 0 radical (unpaired) electrons. The molecule has 124 valence electrons. The molecule has 0 saturated carbocycles. The van der Waals surface area contributed by atoms with Crippen LogP contribution in [0, 0.1) is 0 Å². The van der Waals surface area contributed by atoms with Gasteiger partial charge in [-0.3, -0.25) is 9.78 Å². The maximum Gasteiger partial charge on any atom is 0.417 e. The second-order valence-electron chi connectivity index (χ2n) is 5.36. The molecule has 3 rings (SSSR count). The molecule has 1 aliphatic heterocycles. The van der Waals surface area contributed by atoms with Gasteiger partial charge in [0.15, 0.2) is 0 Å². The molecule has 0 unspecified atom stereocenters. The lowest BCUT2D eigenvalue weighted by Crippen LogP contribution is -2.32. The number of rotatable bonds is 2. The second kappa shape index (κ2) is 6.43. The first-order valence-corrected chi connectivity index (χ1v) is 7.43. The maximum atomic E-state index is 13.2. The number of benzene rings is 1. The Balaban J connectivity index is 1.95. The summed E-state index contributed by atoms with van der Waals surface area (Å²) in [6.07, 6.45) is -0.563. The van der Waals surface area contributed by atoms with E-state index in [1.807, 2.05) is 0 Å². The quantitative estimate of drug-likeness (QED) is 0.840. The normalized spacial score (nSPS) is 15.1. The van der Waals surface area contributed by atoms with Crippen LogP contribution in [0.2, 0.25) is 0 Å².